The average Bonchev–Trinajstić information content (AvgIpc) is 2.90. The monoisotopic (exact) mass is 255 g/mol. The van der Waals surface area contributed by atoms with Crippen molar-refractivity contribution < 1.29 is 14.6 Å². The van der Waals surface area contributed by atoms with Crippen LogP contribution in [0.15, 0.2) is 16.8 Å². The lowest BCUT2D eigenvalue weighted by atomic mass is 10.1. The van der Waals surface area contributed by atoms with Gasteiger partial charge in [-0.15, -0.1) is 0 Å². The van der Waals surface area contributed by atoms with Gasteiger partial charge in [0, 0.05) is 7.11 Å². The van der Waals surface area contributed by atoms with Crippen LogP contribution in [0.4, 0.5) is 0 Å². The van der Waals surface area contributed by atoms with Gasteiger partial charge in [0.25, 0.3) is 0 Å². The van der Waals surface area contributed by atoms with E-state index in [9.17, 15) is 9.90 Å². The van der Waals surface area contributed by atoms with Gasteiger partial charge in [-0.05, 0) is 35.2 Å². The Labute approximate surface area is 105 Å². The molecule has 1 fully saturated rings. The van der Waals surface area contributed by atoms with Gasteiger partial charge in [-0.2, -0.15) is 11.3 Å². The minimum absolute atomic E-state index is 0.0378. The molecule has 0 radical (unpaired) electrons. The van der Waals surface area contributed by atoms with E-state index in [2.05, 4.69) is 5.32 Å². The van der Waals surface area contributed by atoms with Crippen LogP contribution in [0, 0.1) is 0 Å². The van der Waals surface area contributed by atoms with E-state index < -0.39 is 6.10 Å². The molecule has 2 N–H and O–H groups in total. The molecule has 0 unspecified atom stereocenters. The van der Waals surface area contributed by atoms with E-state index >= 15 is 0 Å². The molecule has 1 amide bonds. The summed E-state index contributed by atoms with van der Waals surface area (Å²) in [5, 5.41) is 16.7. The summed E-state index contributed by atoms with van der Waals surface area (Å²) >= 11 is 1.58. The maximum Gasteiger partial charge on any atom is 0.224 e. The highest BCUT2D eigenvalue weighted by Gasteiger charge is 2.35. The first kappa shape index (κ1) is 12.5. The predicted molar refractivity (Wildman–Crippen MR) is 66.0 cm³/mol. The lowest BCUT2D eigenvalue weighted by Gasteiger charge is -2.19. The zero-order valence-corrected chi connectivity index (χ0v) is 10.6. The molecule has 0 spiro atoms. The van der Waals surface area contributed by atoms with Crippen LogP contribution in [0.2, 0.25) is 0 Å². The summed E-state index contributed by atoms with van der Waals surface area (Å²) in [6.07, 6.45) is 1.20. The number of carbonyl (C=O) groups excluding carboxylic acids is 1. The molecule has 1 aliphatic carbocycles. The molecule has 4 nitrogen and oxygen atoms in total. The van der Waals surface area contributed by atoms with Crippen molar-refractivity contribution in [3.63, 3.8) is 0 Å². The number of aliphatic hydroxyl groups is 1. The van der Waals surface area contributed by atoms with Crippen LogP contribution in [0.25, 0.3) is 0 Å². The lowest BCUT2D eigenvalue weighted by molar-refractivity contribution is -0.122. The number of thiophene rings is 1. The Morgan fingerprint density at radius 3 is 3.06 bits per heavy atom. The molecule has 3 atom stereocenters. The van der Waals surface area contributed by atoms with Gasteiger partial charge in [0.1, 0.15) is 6.10 Å². The lowest BCUT2D eigenvalue weighted by Crippen LogP contribution is -2.43. The van der Waals surface area contributed by atoms with Crippen LogP contribution < -0.4 is 5.32 Å². The summed E-state index contributed by atoms with van der Waals surface area (Å²) in [7, 11) is 1.59. The maximum absolute atomic E-state index is 11.7. The van der Waals surface area contributed by atoms with Crippen molar-refractivity contribution in [2.75, 3.05) is 7.11 Å². The summed E-state index contributed by atoms with van der Waals surface area (Å²) < 4.78 is 5.14. The first-order valence-electron chi connectivity index (χ1n) is 5.72. The summed E-state index contributed by atoms with van der Waals surface area (Å²) in [6, 6.07) is 1.76. The Morgan fingerprint density at radius 1 is 1.65 bits per heavy atom. The van der Waals surface area contributed by atoms with E-state index in [-0.39, 0.29) is 18.1 Å². The second-order valence-corrected chi connectivity index (χ2v) is 5.10. The fourth-order valence-corrected chi connectivity index (χ4v) is 2.86. The van der Waals surface area contributed by atoms with Crippen molar-refractivity contribution >= 4 is 17.2 Å². The molecule has 1 aliphatic rings. The van der Waals surface area contributed by atoms with Gasteiger partial charge in [-0.25, -0.2) is 0 Å². The highest BCUT2D eigenvalue weighted by atomic mass is 32.1. The number of carbonyl (C=O) groups is 1. The van der Waals surface area contributed by atoms with E-state index in [0.717, 1.165) is 18.4 Å². The molecule has 0 saturated heterocycles. The van der Waals surface area contributed by atoms with Crippen molar-refractivity contribution in [1.29, 1.82) is 0 Å². The highest BCUT2D eigenvalue weighted by Crippen LogP contribution is 2.22. The molecular formula is C12H17NO3S. The van der Waals surface area contributed by atoms with Crippen LogP contribution >= 0.6 is 11.3 Å². The number of hydrogen-bond acceptors (Lipinski definition) is 4. The zero-order valence-electron chi connectivity index (χ0n) is 9.76. The molecule has 0 aromatic carbocycles. The molecule has 2 rings (SSSR count). The fourth-order valence-electron chi connectivity index (χ4n) is 2.20. The van der Waals surface area contributed by atoms with Crippen LogP contribution in [0.3, 0.4) is 0 Å². The van der Waals surface area contributed by atoms with E-state index in [1.54, 1.807) is 18.4 Å². The van der Waals surface area contributed by atoms with Crippen LogP contribution in [0.5, 0.6) is 0 Å². The topological polar surface area (TPSA) is 58.6 Å². The quantitative estimate of drug-likeness (QED) is 0.842. The van der Waals surface area contributed by atoms with Gasteiger partial charge >= 0.3 is 0 Å². The highest BCUT2D eigenvalue weighted by molar-refractivity contribution is 7.07. The second kappa shape index (κ2) is 5.62. The summed E-state index contributed by atoms with van der Waals surface area (Å²) in [5.41, 5.74) is 1.02. The molecule has 1 aromatic rings. The van der Waals surface area contributed by atoms with E-state index in [4.69, 9.17) is 4.74 Å². The standard InChI is InChI=1S/C12H17NO3S/c1-16-10-3-2-9(12(10)15)13-11(14)6-8-4-5-17-7-8/h4-5,7,9-10,12,15H,2-3,6H2,1H3,(H,13,14)/t9-,10-,12-/m1/s1. The van der Waals surface area contributed by atoms with Gasteiger partial charge < -0.3 is 15.2 Å². The molecule has 1 heterocycles. The molecule has 1 aromatic heterocycles. The predicted octanol–water partition coefficient (Wildman–Crippen LogP) is 0.945. The molecule has 1 saturated carbocycles. The Bertz CT molecular complexity index is 366. The van der Waals surface area contributed by atoms with Crippen molar-refractivity contribution in [2.24, 2.45) is 0 Å². The Kier molecular flexibility index (Phi) is 4.15. The molecular weight excluding hydrogens is 238 g/mol. The van der Waals surface area contributed by atoms with Crippen molar-refractivity contribution in [1.82, 2.24) is 5.32 Å². The van der Waals surface area contributed by atoms with E-state index in [1.807, 2.05) is 16.8 Å². The largest absolute Gasteiger partial charge is 0.388 e. The van der Waals surface area contributed by atoms with Crippen LogP contribution in [-0.4, -0.2) is 36.4 Å². The van der Waals surface area contributed by atoms with Crippen molar-refractivity contribution in [2.45, 2.75) is 37.5 Å². The van der Waals surface area contributed by atoms with E-state index in [1.165, 1.54) is 0 Å². The Balaban J connectivity index is 1.83. The third-order valence-electron chi connectivity index (χ3n) is 3.15. The van der Waals surface area contributed by atoms with E-state index in [0.29, 0.717) is 6.42 Å². The fraction of sp³-hybridized carbons (Fsp3) is 0.583. The number of hydrogen-bond donors (Lipinski definition) is 2. The Hall–Kier alpha value is -0.910. The van der Waals surface area contributed by atoms with Gasteiger partial charge in [0.2, 0.25) is 5.91 Å². The number of methoxy groups -OCH3 is 1. The number of amides is 1. The average molecular weight is 255 g/mol. The SMILES string of the molecule is CO[C@@H]1CC[C@@H](NC(=O)Cc2ccsc2)[C@H]1O. The summed E-state index contributed by atoms with van der Waals surface area (Å²) in [6.45, 7) is 0. The minimum Gasteiger partial charge on any atom is -0.388 e. The first-order valence-corrected chi connectivity index (χ1v) is 6.66. The van der Waals surface area contributed by atoms with Gasteiger partial charge in [0.05, 0.1) is 18.6 Å². The number of ether oxygens (including phenoxy) is 1. The normalized spacial score (nSPS) is 28.2. The smallest absolute Gasteiger partial charge is 0.224 e. The minimum atomic E-state index is -0.591. The molecule has 0 bridgehead atoms. The number of nitrogens with one attached hydrogen (secondary N) is 1. The third kappa shape index (κ3) is 3.06. The van der Waals surface area contributed by atoms with Crippen molar-refractivity contribution in [3.05, 3.63) is 22.4 Å². The summed E-state index contributed by atoms with van der Waals surface area (Å²) in [4.78, 5) is 11.7. The van der Waals surface area contributed by atoms with Gasteiger partial charge in [-0.3, -0.25) is 4.79 Å². The van der Waals surface area contributed by atoms with Crippen LogP contribution in [0.1, 0.15) is 18.4 Å². The van der Waals surface area contributed by atoms with Gasteiger partial charge in [-0.1, -0.05) is 0 Å². The van der Waals surface area contributed by atoms with Crippen molar-refractivity contribution in [3.8, 4) is 0 Å². The Morgan fingerprint density at radius 2 is 2.47 bits per heavy atom. The molecule has 94 valence electrons. The van der Waals surface area contributed by atoms with Gasteiger partial charge in [0.15, 0.2) is 0 Å². The van der Waals surface area contributed by atoms with Crippen LogP contribution in [-0.2, 0) is 16.0 Å². The third-order valence-corrected chi connectivity index (χ3v) is 3.88. The molecule has 5 heteroatoms. The first-order chi connectivity index (χ1) is 8.20. The summed E-state index contributed by atoms with van der Waals surface area (Å²) in [5.74, 6) is -0.0378. The maximum atomic E-state index is 11.7. The second-order valence-electron chi connectivity index (χ2n) is 4.32. The zero-order chi connectivity index (χ0) is 12.3. The number of rotatable bonds is 4. The molecule has 17 heavy (non-hydrogen) atoms. The number of aliphatic hydroxyl groups excluding tert-OH is 1. The molecule has 0 aliphatic heterocycles.